The Balaban J connectivity index is 1.89. The molecule has 2 rings (SSSR count). The molecular weight excluding hydrogens is 396 g/mol. The number of hydrogen-bond acceptors (Lipinski definition) is 7. The minimum Gasteiger partial charge on any atom is -0.445 e. The molecule has 0 unspecified atom stereocenters. The summed E-state index contributed by atoms with van der Waals surface area (Å²) in [6.45, 7) is 3.94. The van der Waals surface area contributed by atoms with E-state index in [-0.39, 0.29) is 17.5 Å². The molecule has 1 aromatic carbocycles. The van der Waals surface area contributed by atoms with Crippen molar-refractivity contribution in [2.45, 2.75) is 32.9 Å². The summed E-state index contributed by atoms with van der Waals surface area (Å²) in [7, 11) is 0. The second-order valence-electron chi connectivity index (χ2n) is 6.56. The van der Waals surface area contributed by atoms with Crippen LogP contribution in [0.1, 0.15) is 30.7 Å². The van der Waals surface area contributed by atoms with Gasteiger partial charge >= 0.3 is 11.1 Å². The minimum atomic E-state index is -0.826. The van der Waals surface area contributed by atoms with E-state index in [1.807, 2.05) is 44.2 Å². The number of carbonyl (C=O) groups excluding carboxylic acids is 2. The first-order valence-electron chi connectivity index (χ1n) is 8.89. The number of nitrogens with zero attached hydrogens (tertiary/aromatic N) is 2. The molecule has 29 heavy (non-hydrogen) atoms. The second kappa shape index (κ2) is 10.9. The standard InChI is InChI=1S/C19H22N4O5S/c1-13(2)10-16(21-19(25)28-12-14-6-4-3-5-7-14)18(24)22-20-11-15-8-9-17(29-15)23(26)27/h3-9,11,13,16H,10,12H2,1-2H3,(H,21,25)(H,22,24)/b20-11+/t16-/m0/s1. The molecule has 0 fully saturated rings. The predicted octanol–water partition coefficient (Wildman–Crippen LogP) is 3.45. The molecule has 0 saturated carbocycles. The minimum absolute atomic E-state index is 0.0155. The molecule has 0 radical (unpaired) electrons. The van der Waals surface area contributed by atoms with E-state index in [0.29, 0.717) is 11.3 Å². The van der Waals surface area contributed by atoms with Crippen LogP contribution >= 0.6 is 11.3 Å². The van der Waals surface area contributed by atoms with E-state index >= 15 is 0 Å². The van der Waals surface area contributed by atoms with Crippen molar-refractivity contribution in [2.24, 2.45) is 11.0 Å². The molecule has 10 heteroatoms. The normalized spacial score (nSPS) is 12.0. The van der Waals surface area contributed by atoms with E-state index in [1.165, 1.54) is 18.3 Å². The second-order valence-corrected chi connectivity index (χ2v) is 7.65. The van der Waals surface area contributed by atoms with Crippen molar-refractivity contribution in [2.75, 3.05) is 0 Å². The van der Waals surface area contributed by atoms with Crippen LogP contribution in [-0.2, 0) is 16.1 Å². The number of alkyl carbamates (subject to hydrolysis) is 1. The molecule has 9 nitrogen and oxygen atoms in total. The van der Waals surface area contributed by atoms with Gasteiger partial charge in [-0.05, 0) is 24.0 Å². The van der Waals surface area contributed by atoms with Crippen LogP contribution in [0.5, 0.6) is 0 Å². The van der Waals surface area contributed by atoms with E-state index < -0.39 is 23.0 Å². The quantitative estimate of drug-likeness (QED) is 0.367. The van der Waals surface area contributed by atoms with Gasteiger partial charge in [0.2, 0.25) is 0 Å². The number of nitrogens with one attached hydrogen (secondary N) is 2. The van der Waals surface area contributed by atoms with Crippen molar-refractivity contribution in [1.82, 2.24) is 10.7 Å². The molecule has 154 valence electrons. The van der Waals surface area contributed by atoms with Gasteiger partial charge in [-0.3, -0.25) is 14.9 Å². The van der Waals surface area contributed by atoms with E-state index in [9.17, 15) is 19.7 Å². The molecule has 2 aromatic rings. The van der Waals surface area contributed by atoms with Crippen molar-refractivity contribution in [3.63, 3.8) is 0 Å². The van der Waals surface area contributed by atoms with Crippen molar-refractivity contribution < 1.29 is 19.2 Å². The average Bonchev–Trinajstić information content (AvgIpc) is 3.15. The topological polar surface area (TPSA) is 123 Å². The zero-order chi connectivity index (χ0) is 21.2. The number of ether oxygens (including phenoxy) is 1. The van der Waals surface area contributed by atoms with Gasteiger partial charge in [-0.15, -0.1) is 0 Å². The number of amides is 2. The van der Waals surface area contributed by atoms with Crippen molar-refractivity contribution in [3.8, 4) is 0 Å². The summed E-state index contributed by atoms with van der Waals surface area (Å²) < 4.78 is 5.16. The maximum absolute atomic E-state index is 12.4. The fourth-order valence-corrected chi connectivity index (χ4v) is 3.05. The van der Waals surface area contributed by atoms with Crippen LogP contribution in [0.25, 0.3) is 0 Å². The molecule has 0 bridgehead atoms. The molecule has 2 amide bonds. The molecule has 1 heterocycles. The van der Waals surface area contributed by atoms with E-state index in [4.69, 9.17) is 4.74 Å². The van der Waals surface area contributed by atoms with Crippen molar-refractivity contribution in [3.05, 3.63) is 63.0 Å². The van der Waals surface area contributed by atoms with Crippen LogP contribution in [0, 0.1) is 16.0 Å². The lowest BCUT2D eigenvalue weighted by atomic mass is 10.0. The highest BCUT2D eigenvalue weighted by molar-refractivity contribution is 7.16. The van der Waals surface area contributed by atoms with Crippen molar-refractivity contribution >= 4 is 34.6 Å². The summed E-state index contributed by atoms with van der Waals surface area (Å²) in [6.07, 6.45) is 1.01. The smallest absolute Gasteiger partial charge is 0.408 e. The molecule has 0 saturated heterocycles. The van der Waals surface area contributed by atoms with Gasteiger partial charge in [0.05, 0.1) is 16.0 Å². The van der Waals surface area contributed by atoms with Gasteiger partial charge in [0.25, 0.3) is 5.91 Å². The molecule has 0 aliphatic heterocycles. The summed E-state index contributed by atoms with van der Waals surface area (Å²) >= 11 is 0.937. The van der Waals surface area contributed by atoms with Crippen LogP contribution in [0.15, 0.2) is 47.6 Å². The lowest BCUT2D eigenvalue weighted by molar-refractivity contribution is -0.380. The Morgan fingerprint density at radius 2 is 1.97 bits per heavy atom. The van der Waals surface area contributed by atoms with Gasteiger partial charge in [0, 0.05) is 6.07 Å². The lowest BCUT2D eigenvalue weighted by Gasteiger charge is -2.18. The third-order valence-electron chi connectivity index (χ3n) is 3.69. The van der Waals surface area contributed by atoms with Crippen LogP contribution < -0.4 is 10.7 Å². The first-order valence-corrected chi connectivity index (χ1v) is 9.71. The number of hydrazone groups is 1. The average molecular weight is 418 g/mol. The number of hydrogen-bond donors (Lipinski definition) is 2. The number of carbonyl (C=O) groups is 2. The zero-order valence-electron chi connectivity index (χ0n) is 16.0. The van der Waals surface area contributed by atoms with Crippen LogP contribution in [0.2, 0.25) is 0 Å². The van der Waals surface area contributed by atoms with Gasteiger partial charge in [0.15, 0.2) is 0 Å². The highest BCUT2D eigenvalue weighted by Crippen LogP contribution is 2.22. The number of benzene rings is 1. The van der Waals surface area contributed by atoms with Gasteiger partial charge in [0.1, 0.15) is 12.6 Å². The molecule has 2 N–H and O–H groups in total. The van der Waals surface area contributed by atoms with E-state index in [1.54, 1.807) is 0 Å². The number of nitro groups is 1. The maximum Gasteiger partial charge on any atom is 0.408 e. The zero-order valence-corrected chi connectivity index (χ0v) is 16.8. The molecule has 1 aromatic heterocycles. The lowest BCUT2D eigenvalue weighted by Crippen LogP contribution is -2.46. The Hall–Kier alpha value is -3.27. The van der Waals surface area contributed by atoms with Crippen LogP contribution in [0.3, 0.4) is 0 Å². The number of rotatable bonds is 9. The highest BCUT2D eigenvalue weighted by atomic mass is 32.1. The number of thiophene rings is 1. The third kappa shape index (κ3) is 7.70. The monoisotopic (exact) mass is 418 g/mol. The van der Waals surface area contributed by atoms with E-state index in [0.717, 1.165) is 16.9 Å². The fourth-order valence-electron chi connectivity index (χ4n) is 2.36. The predicted molar refractivity (Wildman–Crippen MR) is 110 cm³/mol. The largest absolute Gasteiger partial charge is 0.445 e. The molecule has 0 aliphatic carbocycles. The highest BCUT2D eigenvalue weighted by Gasteiger charge is 2.22. The summed E-state index contributed by atoms with van der Waals surface area (Å²) in [4.78, 5) is 35.2. The van der Waals surface area contributed by atoms with Crippen LogP contribution in [-0.4, -0.2) is 29.2 Å². The summed E-state index contributed by atoms with van der Waals surface area (Å²) in [6, 6.07) is 11.3. The van der Waals surface area contributed by atoms with Gasteiger partial charge in [-0.2, -0.15) is 5.10 Å². The third-order valence-corrected chi connectivity index (χ3v) is 4.66. The van der Waals surface area contributed by atoms with Gasteiger partial charge in [-0.1, -0.05) is 55.5 Å². The summed E-state index contributed by atoms with van der Waals surface area (Å²) in [5.41, 5.74) is 3.19. The molecular formula is C19H22N4O5S. The van der Waals surface area contributed by atoms with Crippen molar-refractivity contribution in [1.29, 1.82) is 0 Å². The maximum atomic E-state index is 12.4. The fraction of sp³-hybridized carbons (Fsp3) is 0.316. The summed E-state index contributed by atoms with van der Waals surface area (Å²) in [5, 5.41) is 17.0. The Morgan fingerprint density at radius 3 is 2.59 bits per heavy atom. The van der Waals surface area contributed by atoms with Crippen LogP contribution in [0.4, 0.5) is 9.80 Å². The summed E-state index contributed by atoms with van der Waals surface area (Å²) in [5.74, 6) is -0.359. The Morgan fingerprint density at radius 1 is 1.24 bits per heavy atom. The van der Waals surface area contributed by atoms with Gasteiger partial charge < -0.3 is 10.1 Å². The Kier molecular flexibility index (Phi) is 8.28. The molecule has 0 spiro atoms. The SMILES string of the molecule is CC(C)C[C@H](NC(=O)OCc1ccccc1)C(=O)N/N=C/c1ccc([N+](=O)[O-])s1. The first kappa shape index (κ1) is 22.0. The van der Waals surface area contributed by atoms with Gasteiger partial charge in [-0.25, -0.2) is 10.2 Å². The first-order chi connectivity index (χ1) is 13.8. The Labute approximate surface area is 171 Å². The molecule has 0 aliphatic rings. The Bertz CT molecular complexity index is 866. The van der Waals surface area contributed by atoms with E-state index in [2.05, 4.69) is 15.8 Å². The molecule has 1 atom stereocenters.